The van der Waals surface area contributed by atoms with Gasteiger partial charge in [-0.25, -0.2) is 10.4 Å². The predicted molar refractivity (Wildman–Crippen MR) is 68.4 cm³/mol. The van der Waals surface area contributed by atoms with Crippen LogP contribution in [0.2, 0.25) is 0 Å². The Morgan fingerprint density at radius 3 is 2.05 bits per heavy atom. The monoisotopic (exact) mass is 292 g/mol. The maximum Gasteiger partial charge on any atom is 0.322 e. The van der Waals surface area contributed by atoms with Crippen molar-refractivity contribution in [3.8, 4) is 0 Å². The molecule has 0 aromatic heterocycles. The summed E-state index contributed by atoms with van der Waals surface area (Å²) in [4.78, 5) is 45.7. The van der Waals surface area contributed by atoms with Gasteiger partial charge >= 0.3 is 11.9 Å². The molecule has 1 unspecified atom stereocenters. The van der Waals surface area contributed by atoms with Crippen molar-refractivity contribution in [3.05, 3.63) is 35.4 Å². The van der Waals surface area contributed by atoms with E-state index in [1.807, 2.05) is 0 Å². The SMILES string of the molecule is O=C(O)CCC(NN1C(=O)c2ccccc2C1=O)C(=O)O. The normalized spacial score (nSPS) is 15.0. The minimum Gasteiger partial charge on any atom is -0.481 e. The van der Waals surface area contributed by atoms with E-state index in [0.29, 0.717) is 5.01 Å². The van der Waals surface area contributed by atoms with Crippen molar-refractivity contribution in [2.24, 2.45) is 0 Å². The quantitative estimate of drug-likeness (QED) is 0.635. The second-order valence-corrected chi connectivity index (χ2v) is 4.44. The summed E-state index contributed by atoms with van der Waals surface area (Å²) in [6.45, 7) is 0. The number of rotatable bonds is 6. The van der Waals surface area contributed by atoms with Gasteiger partial charge < -0.3 is 10.2 Å². The average molecular weight is 292 g/mol. The molecule has 0 saturated heterocycles. The molecule has 1 atom stereocenters. The molecule has 21 heavy (non-hydrogen) atoms. The van der Waals surface area contributed by atoms with Gasteiger partial charge in [-0.05, 0) is 18.6 Å². The summed E-state index contributed by atoms with van der Waals surface area (Å²) in [5.74, 6) is -3.81. The number of aliphatic carboxylic acids is 2. The highest BCUT2D eigenvalue weighted by molar-refractivity contribution is 6.21. The molecule has 1 heterocycles. The number of carbonyl (C=O) groups excluding carboxylic acids is 2. The van der Waals surface area contributed by atoms with Gasteiger partial charge in [0.2, 0.25) is 0 Å². The molecule has 3 N–H and O–H groups in total. The van der Waals surface area contributed by atoms with Crippen molar-refractivity contribution in [2.75, 3.05) is 0 Å². The number of imide groups is 1. The van der Waals surface area contributed by atoms with Crippen LogP contribution < -0.4 is 5.43 Å². The van der Waals surface area contributed by atoms with E-state index in [1.54, 1.807) is 12.1 Å². The molecule has 8 heteroatoms. The Hall–Kier alpha value is -2.74. The van der Waals surface area contributed by atoms with Crippen LogP contribution in [0.5, 0.6) is 0 Å². The third-order valence-corrected chi connectivity index (χ3v) is 3.02. The summed E-state index contributed by atoms with van der Waals surface area (Å²) in [5, 5.41) is 18.2. The highest BCUT2D eigenvalue weighted by atomic mass is 16.4. The van der Waals surface area contributed by atoms with E-state index in [-0.39, 0.29) is 17.5 Å². The first-order valence-corrected chi connectivity index (χ1v) is 6.10. The van der Waals surface area contributed by atoms with Gasteiger partial charge in [-0.2, -0.15) is 0 Å². The maximum atomic E-state index is 12.0. The molecule has 0 radical (unpaired) electrons. The van der Waals surface area contributed by atoms with Gasteiger partial charge in [0, 0.05) is 6.42 Å². The molecule has 1 aliphatic heterocycles. The minimum absolute atomic E-state index is 0.178. The van der Waals surface area contributed by atoms with Crippen molar-refractivity contribution < 1.29 is 29.4 Å². The second-order valence-electron chi connectivity index (χ2n) is 4.44. The van der Waals surface area contributed by atoms with E-state index in [4.69, 9.17) is 10.2 Å². The van der Waals surface area contributed by atoms with E-state index in [1.165, 1.54) is 12.1 Å². The number of nitrogens with zero attached hydrogens (tertiary/aromatic N) is 1. The molecule has 1 aliphatic rings. The zero-order valence-electron chi connectivity index (χ0n) is 10.8. The van der Waals surface area contributed by atoms with Crippen molar-refractivity contribution in [1.29, 1.82) is 0 Å². The molecule has 2 rings (SSSR count). The molecular formula is C13H12N2O6. The Kier molecular flexibility index (Phi) is 3.99. The fourth-order valence-corrected chi connectivity index (χ4v) is 1.97. The van der Waals surface area contributed by atoms with Crippen LogP contribution in [0.25, 0.3) is 0 Å². The third-order valence-electron chi connectivity index (χ3n) is 3.02. The first kappa shape index (κ1) is 14.7. The number of benzene rings is 1. The molecule has 1 aromatic carbocycles. The third kappa shape index (κ3) is 2.90. The Bertz CT molecular complexity index is 592. The molecule has 1 aromatic rings. The average Bonchev–Trinajstić information content (AvgIpc) is 2.68. The Morgan fingerprint density at radius 1 is 1.10 bits per heavy atom. The van der Waals surface area contributed by atoms with Gasteiger partial charge in [-0.15, -0.1) is 0 Å². The van der Waals surface area contributed by atoms with Gasteiger partial charge in [-0.1, -0.05) is 12.1 Å². The lowest BCUT2D eigenvalue weighted by molar-refractivity contribution is -0.141. The minimum atomic E-state index is -1.34. The predicted octanol–water partition coefficient (Wildman–Crippen LogP) is 0.105. The van der Waals surface area contributed by atoms with Crippen LogP contribution in [0.4, 0.5) is 0 Å². The van der Waals surface area contributed by atoms with Crippen LogP contribution in [0.1, 0.15) is 33.6 Å². The molecule has 0 spiro atoms. The topological polar surface area (TPSA) is 124 Å². The Balaban J connectivity index is 2.16. The van der Waals surface area contributed by atoms with Crippen molar-refractivity contribution in [2.45, 2.75) is 18.9 Å². The van der Waals surface area contributed by atoms with Gasteiger partial charge in [-0.3, -0.25) is 19.2 Å². The number of carboxylic acids is 2. The standard InChI is InChI=1S/C13H12N2O6/c16-10(17)6-5-9(13(20)21)14-15-11(18)7-3-1-2-4-8(7)12(15)19/h1-4,9,14H,5-6H2,(H,16,17)(H,20,21). The van der Waals surface area contributed by atoms with Crippen LogP contribution in [0.3, 0.4) is 0 Å². The number of amides is 2. The fourth-order valence-electron chi connectivity index (χ4n) is 1.97. The molecule has 110 valence electrons. The van der Waals surface area contributed by atoms with Crippen LogP contribution >= 0.6 is 0 Å². The number of hydrogen-bond acceptors (Lipinski definition) is 5. The lowest BCUT2D eigenvalue weighted by Crippen LogP contribution is -2.51. The van der Waals surface area contributed by atoms with E-state index < -0.39 is 36.2 Å². The van der Waals surface area contributed by atoms with Gasteiger partial charge in [0.15, 0.2) is 0 Å². The summed E-state index contributed by atoms with van der Waals surface area (Å²) in [6, 6.07) is 4.76. The zero-order valence-corrected chi connectivity index (χ0v) is 10.8. The van der Waals surface area contributed by atoms with E-state index in [2.05, 4.69) is 5.43 Å². The van der Waals surface area contributed by atoms with Crippen LogP contribution in [0.15, 0.2) is 24.3 Å². The number of fused-ring (bicyclic) bond motifs is 1. The fraction of sp³-hybridized carbons (Fsp3) is 0.231. The number of nitrogens with one attached hydrogen (secondary N) is 1. The van der Waals surface area contributed by atoms with E-state index in [0.717, 1.165) is 0 Å². The number of carbonyl (C=O) groups is 4. The molecule has 0 saturated carbocycles. The molecule has 0 bridgehead atoms. The Morgan fingerprint density at radius 2 is 1.62 bits per heavy atom. The highest BCUT2D eigenvalue weighted by Crippen LogP contribution is 2.21. The van der Waals surface area contributed by atoms with Crippen molar-refractivity contribution in [3.63, 3.8) is 0 Å². The summed E-state index contributed by atoms with van der Waals surface area (Å²) in [5.41, 5.74) is 2.64. The van der Waals surface area contributed by atoms with Crippen LogP contribution in [0, 0.1) is 0 Å². The van der Waals surface area contributed by atoms with Gasteiger partial charge in [0.05, 0.1) is 11.1 Å². The lowest BCUT2D eigenvalue weighted by atomic mass is 10.1. The number of hydrogen-bond donors (Lipinski definition) is 3. The van der Waals surface area contributed by atoms with Gasteiger partial charge in [0.1, 0.15) is 6.04 Å². The molecule has 8 nitrogen and oxygen atoms in total. The Labute approximate surface area is 118 Å². The highest BCUT2D eigenvalue weighted by Gasteiger charge is 2.37. The lowest BCUT2D eigenvalue weighted by Gasteiger charge is -2.20. The summed E-state index contributed by atoms with van der Waals surface area (Å²) >= 11 is 0. The van der Waals surface area contributed by atoms with Crippen molar-refractivity contribution in [1.82, 2.24) is 10.4 Å². The molecule has 0 fully saturated rings. The first-order chi connectivity index (χ1) is 9.91. The van der Waals surface area contributed by atoms with Crippen LogP contribution in [-0.2, 0) is 9.59 Å². The largest absolute Gasteiger partial charge is 0.481 e. The molecular weight excluding hydrogens is 280 g/mol. The van der Waals surface area contributed by atoms with E-state index >= 15 is 0 Å². The molecule has 2 amide bonds. The molecule has 0 aliphatic carbocycles. The first-order valence-electron chi connectivity index (χ1n) is 6.10. The number of hydrazine groups is 1. The summed E-state index contributed by atoms with van der Waals surface area (Å²) < 4.78 is 0. The van der Waals surface area contributed by atoms with Crippen molar-refractivity contribution >= 4 is 23.8 Å². The maximum absolute atomic E-state index is 12.0. The summed E-state index contributed by atoms with van der Waals surface area (Å²) in [7, 11) is 0. The van der Waals surface area contributed by atoms with Crippen LogP contribution in [-0.4, -0.2) is 45.0 Å². The smallest absolute Gasteiger partial charge is 0.322 e. The summed E-state index contributed by atoms with van der Waals surface area (Å²) in [6.07, 6.45) is -0.648. The van der Waals surface area contributed by atoms with Gasteiger partial charge in [0.25, 0.3) is 11.8 Å². The zero-order chi connectivity index (χ0) is 15.6. The number of carboxylic acid groups (broad SMARTS) is 2. The second kappa shape index (κ2) is 5.71. The van der Waals surface area contributed by atoms with E-state index in [9.17, 15) is 19.2 Å².